The molecule has 108 valence electrons. The molecule has 0 radical (unpaired) electrons. The predicted molar refractivity (Wildman–Crippen MR) is 69.2 cm³/mol. The average Bonchev–Trinajstić information content (AvgIpc) is 2.44. The Hall–Kier alpha value is -2.64. The molecule has 1 aromatic carbocycles. The maximum atomic E-state index is 11.2. The quantitative estimate of drug-likeness (QED) is 0.453. The summed E-state index contributed by atoms with van der Waals surface area (Å²) in [6, 6.07) is 2.39. The van der Waals surface area contributed by atoms with Crippen molar-refractivity contribution in [3.05, 3.63) is 27.8 Å². The third-order valence-corrected chi connectivity index (χ3v) is 2.32. The van der Waals surface area contributed by atoms with Gasteiger partial charge in [-0.05, 0) is 13.0 Å². The number of carbonyl (C=O) groups is 2. The van der Waals surface area contributed by atoms with Gasteiger partial charge in [-0.15, -0.1) is 0 Å². The molecule has 0 atom stereocenters. The van der Waals surface area contributed by atoms with Crippen LogP contribution in [-0.2, 0) is 4.79 Å². The van der Waals surface area contributed by atoms with Crippen molar-refractivity contribution in [1.82, 2.24) is 5.32 Å². The lowest BCUT2D eigenvalue weighted by molar-refractivity contribution is -0.385. The highest BCUT2D eigenvalue weighted by Gasteiger charge is 2.23. The third kappa shape index (κ3) is 3.67. The molecular weight excluding hydrogens is 268 g/mol. The van der Waals surface area contributed by atoms with E-state index in [9.17, 15) is 19.7 Å². The number of nitro benzene ring substituents is 1. The zero-order valence-corrected chi connectivity index (χ0v) is 11.0. The van der Waals surface area contributed by atoms with Crippen LogP contribution in [0.1, 0.15) is 17.3 Å². The first kappa shape index (κ1) is 15.4. The molecule has 0 aliphatic heterocycles. The van der Waals surface area contributed by atoms with Crippen LogP contribution < -0.4 is 14.8 Å². The summed E-state index contributed by atoms with van der Waals surface area (Å²) >= 11 is 0. The molecule has 0 aliphatic rings. The molecule has 0 aliphatic carbocycles. The summed E-state index contributed by atoms with van der Waals surface area (Å²) in [5.41, 5.74) is -0.339. The van der Waals surface area contributed by atoms with Crippen molar-refractivity contribution in [2.45, 2.75) is 6.92 Å². The summed E-state index contributed by atoms with van der Waals surface area (Å²) in [6.07, 6.45) is 0.470. The van der Waals surface area contributed by atoms with Gasteiger partial charge in [-0.2, -0.15) is 0 Å². The Morgan fingerprint density at radius 2 is 2.15 bits per heavy atom. The molecule has 0 fully saturated rings. The average molecular weight is 282 g/mol. The van der Waals surface area contributed by atoms with Gasteiger partial charge in [-0.3, -0.25) is 19.7 Å². The van der Waals surface area contributed by atoms with Crippen LogP contribution in [0.25, 0.3) is 0 Å². The maximum Gasteiger partial charge on any atom is 0.315 e. The molecule has 0 spiro atoms. The summed E-state index contributed by atoms with van der Waals surface area (Å²) in [4.78, 5) is 32.2. The van der Waals surface area contributed by atoms with Gasteiger partial charge in [-0.25, -0.2) is 0 Å². The molecule has 1 N–H and O–H groups in total. The molecule has 0 heterocycles. The van der Waals surface area contributed by atoms with E-state index in [0.29, 0.717) is 6.29 Å². The van der Waals surface area contributed by atoms with Crippen molar-refractivity contribution in [2.75, 3.05) is 20.3 Å². The summed E-state index contributed by atoms with van der Waals surface area (Å²) in [5.74, 6) is -0.569. The Kier molecular flexibility index (Phi) is 5.45. The summed E-state index contributed by atoms with van der Waals surface area (Å²) in [5, 5.41) is 13.3. The number of carbonyl (C=O) groups excluding carboxylic acids is 2. The van der Waals surface area contributed by atoms with E-state index in [4.69, 9.17) is 9.47 Å². The number of benzene rings is 1. The first-order chi connectivity index (χ1) is 9.53. The fourth-order valence-corrected chi connectivity index (χ4v) is 1.43. The number of hydrogen-bond donors (Lipinski definition) is 1. The summed E-state index contributed by atoms with van der Waals surface area (Å²) in [7, 11) is 1.42. The number of nitrogens with one attached hydrogen (secondary N) is 1. The SMILES string of the molecule is CCOc1cc(C=O)cc([N+](=O)[O-])c1OCC(=O)NC. The molecule has 8 heteroatoms. The second kappa shape index (κ2) is 7.07. The third-order valence-electron chi connectivity index (χ3n) is 2.32. The molecule has 0 aromatic heterocycles. The Bertz CT molecular complexity index is 529. The van der Waals surface area contributed by atoms with Crippen molar-refractivity contribution in [2.24, 2.45) is 0 Å². The molecule has 8 nitrogen and oxygen atoms in total. The minimum atomic E-state index is -0.700. The predicted octanol–water partition coefficient (Wildman–Crippen LogP) is 0.931. The van der Waals surface area contributed by atoms with Gasteiger partial charge < -0.3 is 14.8 Å². The van der Waals surface area contributed by atoms with E-state index in [-0.39, 0.29) is 23.7 Å². The Morgan fingerprint density at radius 3 is 2.65 bits per heavy atom. The van der Waals surface area contributed by atoms with Crippen molar-refractivity contribution in [1.29, 1.82) is 0 Å². The number of likely N-dealkylation sites (N-methyl/N-ethyl adjacent to an activating group) is 1. The fourth-order valence-electron chi connectivity index (χ4n) is 1.43. The molecule has 0 unspecified atom stereocenters. The number of hydrogen-bond acceptors (Lipinski definition) is 6. The number of amides is 1. The lowest BCUT2D eigenvalue weighted by atomic mass is 10.2. The smallest absolute Gasteiger partial charge is 0.315 e. The molecule has 0 bridgehead atoms. The lowest BCUT2D eigenvalue weighted by Gasteiger charge is -2.12. The van der Waals surface area contributed by atoms with Gasteiger partial charge in [0.1, 0.15) is 6.29 Å². The standard InChI is InChI=1S/C12H14N2O6/c1-3-19-10-5-8(6-15)4-9(14(17)18)12(10)20-7-11(16)13-2/h4-6H,3,7H2,1-2H3,(H,13,16). The zero-order valence-electron chi connectivity index (χ0n) is 11.0. The second-order valence-electron chi connectivity index (χ2n) is 3.64. The topological polar surface area (TPSA) is 108 Å². The van der Waals surface area contributed by atoms with Crippen molar-refractivity contribution >= 4 is 17.9 Å². The van der Waals surface area contributed by atoms with Gasteiger partial charge in [0.15, 0.2) is 12.4 Å². The van der Waals surface area contributed by atoms with Crippen molar-refractivity contribution in [3.8, 4) is 11.5 Å². The molecule has 0 saturated heterocycles. The highest BCUT2D eigenvalue weighted by atomic mass is 16.6. The van der Waals surface area contributed by atoms with Gasteiger partial charge in [0.2, 0.25) is 5.75 Å². The van der Waals surface area contributed by atoms with E-state index in [1.165, 1.54) is 13.1 Å². The number of nitrogens with zero attached hydrogens (tertiary/aromatic N) is 1. The first-order valence-electron chi connectivity index (χ1n) is 5.77. The van der Waals surface area contributed by atoms with Gasteiger partial charge >= 0.3 is 5.69 Å². The van der Waals surface area contributed by atoms with E-state index in [1.807, 2.05) is 0 Å². The second-order valence-corrected chi connectivity index (χ2v) is 3.64. The minimum absolute atomic E-state index is 0.0488. The highest BCUT2D eigenvalue weighted by Crippen LogP contribution is 2.38. The van der Waals surface area contributed by atoms with Crippen LogP contribution in [0.4, 0.5) is 5.69 Å². The Balaban J connectivity index is 3.24. The van der Waals surface area contributed by atoms with Crippen LogP contribution in [-0.4, -0.2) is 37.4 Å². The number of nitro groups is 1. The van der Waals surface area contributed by atoms with Crippen LogP contribution in [0.3, 0.4) is 0 Å². The van der Waals surface area contributed by atoms with E-state index in [0.717, 1.165) is 6.07 Å². The van der Waals surface area contributed by atoms with Crippen LogP contribution >= 0.6 is 0 Å². The first-order valence-corrected chi connectivity index (χ1v) is 5.77. The zero-order chi connectivity index (χ0) is 15.1. The monoisotopic (exact) mass is 282 g/mol. The fraction of sp³-hybridized carbons (Fsp3) is 0.333. The number of aldehydes is 1. The summed E-state index contributed by atoms with van der Waals surface area (Å²) < 4.78 is 10.4. The maximum absolute atomic E-state index is 11.2. The minimum Gasteiger partial charge on any atom is -0.490 e. The molecule has 0 saturated carbocycles. The van der Waals surface area contributed by atoms with Crippen LogP contribution in [0.2, 0.25) is 0 Å². The van der Waals surface area contributed by atoms with Gasteiger partial charge in [-0.1, -0.05) is 0 Å². The molecule has 1 rings (SSSR count). The lowest BCUT2D eigenvalue weighted by Crippen LogP contribution is -2.25. The van der Waals surface area contributed by atoms with E-state index < -0.39 is 23.1 Å². The Morgan fingerprint density at radius 1 is 1.45 bits per heavy atom. The van der Waals surface area contributed by atoms with Crippen LogP contribution in [0, 0.1) is 10.1 Å². The summed E-state index contributed by atoms with van der Waals surface area (Å²) in [6.45, 7) is 1.52. The van der Waals surface area contributed by atoms with E-state index in [1.54, 1.807) is 6.92 Å². The Labute approximate surface area is 114 Å². The van der Waals surface area contributed by atoms with Crippen LogP contribution in [0.15, 0.2) is 12.1 Å². The number of ether oxygens (including phenoxy) is 2. The van der Waals surface area contributed by atoms with Crippen LogP contribution in [0.5, 0.6) is 11.5 Å². The van der Waals surface area contributed by atoms with Crippen molar-refractivity contribution in [3.63, 3.8) is 0 Å². The normalized spacial score (nSPS) is 9.70. The largest absolute Gasteiger partial charge is 0.490 e. The van der Waals surface area contributed by atoms with Gasteiger partial charge in [0, 0.05) is 18.7 Å². The molecule has 1 amide bonds. The van der Waals surface area contributed by atoms with Crippen molar-refractivity contribution < 1.29 is 24.0 Å². The van der Waals surface area contributed by atoms with E-state index >= 15 is 0 Å². The number of rotatable bonds is 7. The van der Waals surface area contributed by atoms with Gasteiger partial charge in [0.25, 0.3) is 5.91 Å². The molecule has 1 aromatic rings. The van der Waals surface area contributed by atoms with Gasteiger partial charge in [0.05, 0.1) is 11.5 Å². The van der Waals surface area contributed by atoms with E-state index in [2.05, 4.69) is 5.32 Å². The molecular formula is C12H14N2O6. The highest BCUT2D eigenvalue weighted by molar-refractivity contribution is 5.80. The molecule has 20 heavy (non-hydrogen) atoms.